The molecule has 0 aliphatic rings. The summed E-state index contributed by atoms with van der Waals surface area (Å²) in [7, 11) is 1.50. The number of ether oxygens (including phenoxy) is 2. The van der Waals surface area contributed by atoms with Gasteiger partial charge >= 0.3 is 5.97 Å². The van der Waals surface area contributed by atoms with Gasteiger partial charge in [-0.25, -0.2) is 4.79 Å². The minimum absolute atomic E-state index is 0.0451. The fraction of sp³-hybridized carbons (Fsp3) is 0.316. The summed E-state index contributed by atoms with van der Waals surface area (Å²) in [4.78, 5) is 12.4. The molecule has 0 bridgehead atoms. The molecule has 0 radical (unpaired) electrons. The molecule has 2 aromatic rings. The molecule has 4 heteroatoms. The number of rotatable bonds is 3. The van der Waals surface area contributed by atoms with Crippen LogP contribution in [0.15, 0.2) is 36.4 Å². The molecule has 2 aromatic carbocycles. The van der Waals surface area contributed by atoms with Crippen LogP contribution >= 0.6 is 11.6 Å². The number of aryl methyl sites for hydroxylation is 1. The number of halogens is 1. The third-order valence-electron chi connectivity index (χ3n) is 3.63. The Labute approximate surface area is 142 Å². The highest BCUT2D eigenvalue weighted by atomic mass is 35.5. The van der Waals surface area contributed by atoms with Gasteiger partial charge in [0.15, 0.2) is 0 Å². The Balaban J connectivity index is 2.29. The van der Waals surface area contributed by atoms with E-state index in [0.29, 0.717) is 22.1 Å². The van der Waals surface area contributed by atoms with Crippen molar-refractivity contribution in [2.24, 2.45) is 0 Å². The van der Waals surface area contributed by atoms with E-state index in [2.05, 4.69) is 20.8 Å². The van der Waals surface area contributed by atoms with Crippen LogP contribution in [-0.4, -0.2) is 13.1 Å². The van der Waals surface area contributed by atoms with E-state index >= 15 is 0 Å². The first-order valence-electron chi connectivity index (χ1n) is 7.39. The van der Waals surface area contributed by atoms with E-state index in [4.69, 9.17) is 21.1 Å². The molecule has 0 heterocycles. The molecule has 0 atom stereocenters. The average Bonchev–Trinajstić information content (AvgIpc) is 2.48. The predicted octanol–water partition coefficient (Wildman–Crippen LogP) is 5.17. The third-order valence-corrected chi connectivity index (χ3v) is 3.86. The molecule has 0 unspecified atom stereocenters. The minimum Gasteiger partial charge on any atom is -0.496 e. The number of esters is 1. The largest absolute Gasteiger partial charge is 0.496 e. The Hall–Kier alpha value is -2.00. The second-order valence-corrected chi connectivity index (χ2v) is 6.90. The summed E-state index contributed by atoms with van der Waals surface area (Å²) in [5.41, 5.74) is 2.45. The fourth-order valence-corrected chi connectivity index (χ4v) is 2.40. The Morgan fingerprint density at radius 1 is 1.04 bits per heavy atom. The van der Waals surface area contributed by atoms with Crippen LogP contribution in [0.5, 0.6) is 11.5 Å². The monoisotopic (exact) mass is 332 g/mol. The van der Waals surface area contributed by atoms with Crippen LogP contribution in [0.4, 0.5) is 0 Å². The smallest absolute Gasteiger partial charge is 0.347 e. The summed E-state index contributed by atoms with van der Waals surface area (Å²) in [6.45, 7) is 8.35. The van der Waals surface area contributed by atoms with Crippen LogP contribution in [0, 0.1) is 6.92 Å². The molecule has 0 amide bonds. The number of hydrogen-bond acceptors (Lipinski definition) is 3. The Morgan fingerprint density at radius 3 is 2.26 bits per heavy atom. The molecule has 0 fully saturated rings. The Kier molecular flexibility index (Phi) is 5.00. The topological polar surface area (TPSA) is 35.5 Å². The molecule has 3 nitrogen and oxygen atoms in total. The van der Waals surface area contributed by atoms with Gasteiger partial charge in [0.25, 0.3) is 0 Å². The number of carbonyl (C=O) groups excluding carboxylic acids is 1. The molecule has 0 N–H and O–H groups in total. The number of carbonyl (C=O) groups is 1. The van der Waals surface area contributed by atoms with Crippen molar-refractivity contribution < 1.29 is 14.3 Å². The maximum Gasteiger partial charge on any atom is 0.347 e. The van der Waals surface area contributed by atoms with E-state index < -0.39 is 5.97 Å². The summed E-state index contributed by atoms with van der Waals surface area (Å²) in [6.07, 6.45) is 0. The second-order valence-electron chi connectivity index (χ2n) is 6.46. The maximum atomic E-state index is 12.4. The van der Waals surface area contributed by atoms with Gasteiger partial charge in [-0.3, -0.25) is 0 Å². The van der Waals surface area contributed by atoms with Gasteiger partial charge in [0.05, 0.1) is 7.11 Å². The highest BCUT2D eigenvalue weighted by Crippen LogP contribution is 2.29. The molecular formula is C19H21ClO3. The molecule has 0 aromatic heterocycles. The van der Waals surface area contributed by atoms with Gasteiger partial charge in [-0.2, -0.15) is 0 Å². The van der Waals surface area contributed by atoms with Crippen LogP contribution in [0.1, 0.15) is 42.3 Å². The van der Waals surface area contributed by atoms with Gasteiger partial charge in [0.1, 0.15) is 17.1 Å². The zero-order chi connectivity index (χ0) is 17.2. The average molecular weight is 333 g/mol. The first kappa shape index (κ1) is 17.4. The van der Waals surface area contributed by atoms with Crippen LogP contribution in [0.3, 0.4) is 0 Å². The lowest BCUT2D eigenvalue weighted by Gasteiger charge is -2.20. The van der Waals surface area contributed by atoms with Crippen molar-refractivity contribution >= 4 is 17.6 Å². The molecule has 0 spiro atoms. The Bertz CT molecular complexity index is 730. The second kappa shape index (κ2) is 6.63. The molecule has 0 aliphatic heterocycles. The minimum atomic E-state index is -0.490. The standard InChI is InChI=1S/C19H21ClO3/c1-12-10-13(19(2,3)4)6-8-16(12)23-18(21)15-11-14(20)7-9-17(15)22-5/h6-11H,1-5H3. The van der Waals surface area contributed by atoms with Crippen molar-refractivity contribution in [3.05, 3.63) is 58.1 Å². The lowest BCUT2D eigenvalue weighted by atomic mass is 9.86. The SMILES string of the molecule is COc1ccc(Cl)cc1C(=O)Oc1ccc(C(C)(C)C)cc1C. The fourth-order valence-electron chi connectivity index (χ4n) is 2.22. The molecule has 0 saturated heterocycles. The van der Waals surface area contributed by atoms with Crippen molar-refractivity contribution in [2.45, 2.75) is 33.1 Å². The van der Waals surface area contributed by atoms with Gasteiger partial charge < -0.3 is 9.47 Å². The zero-order valence-electron chi connectivity index (χ0n) is 14.1. The van der Waals surface area contributed by atoms with E-state index in [1.807, 2.05) is 25.1 Å². The number of methoxy groups -OCH3 is 1. The van der Waals surface area contributed by atoms with Gasteiger partial charge in [-0.15, -0.1) is 0 Å². The molecule has 2 rings (SSSR count). The summed E-state index contributed by atoms with van der Waals surface area (Å²) >= 11 is 5.96. The molecule has 0 aliphatic carbocycles. The Morgan fingerprint density at radius 2 is 1.70 bits per heavy atom. The van der Waals surface area contributed by atoms with E-state index in [0.717, 1.165) is 5.56 Å². The van der Waals surface area contributed by atoms with Crippen molar-refractivity contribution in [2.75, 3.05) is 7.11 Å². The van der Waals surface area contributed by atoms with Crippen molar-refractivity contribution in [1.82, 2.24) is 0 Å². The van der Waals surface area contributed by atoms with Gasteiger partial charge in [0, 0.05) is 5.02 Å². The van der Waals surface area contributed by atoms with Crippen LogP contribution in [-0.2, 0) is 5.41 Å². The third kappa shape index (κ3) is 4.05. The number of benzene rings is 2. The summed E-state index contributed by atoms with van der Waals surface area (Å²) in [6, 6.07) is 10.7. The molecule has 0 saturated carbocycles. The summed E-state index contributed by atoms with van der Waals surface area (Å²) in [5, 5.41) is 0.456. The lowest BCUT2D eigenvalue weighted by molar-refractivity contribution is 0.0730. The predicted molar refractivity (Wildman–Crippen MR) is 92.8 cm³/mol. The van der Waals surface area contributed by atoms with Gasteiger partial charge in [-0.05, 0) is 47.7 Å². The molecule has 23 heavy (non-hydrogen) atoms. The molecule has 122 valence electrons. The lowest BCUT2D eigenvalue weighted by Crippen LogP contribution is -2.13. The van der Waals surface area contributed by atoms with Gasteiger partial charge in [0.2, 0.25) is 0 Å². The van der Waals surface area contributed by atoms with E-state index in [1.54, 1.807) is 18.2 Å². The highest BCUT2D eigenvalue weighted by molar-refractivity contribution is 6.31. The quantitative estimate of drug-likeness (QED) is 0.574. The van der Waals surface area contributed by atoms with E-state index in [9.17, 15) is 4.79 Å². The van der Waals surface area contributed by atoms with Crippen LogP contribution < -0.4 is 9.47 Å². The zero-order valence-corrected chi connectivity index (χ0v) is 14.8. The first-order chi connectivity index (χ1) is 10.7. The maximum absolute atomic E-state index is 12.4. The normalized spacial score (nSPS) is 11.2. The summed E-state index contributed by atoms with van der Waals surface area (Å²) < 4.78 is 10.7. The van der Waals surface area contributed by atoms with Crippen molar-refractivity contribution in [1.29, 1.82) is 0 Å². The van der Waals surface area contributed by atoms with Crippen LogP contribution in [0.25, 0.3) is 0 Å². The molecular weight excluding hydrogens is 312 g/mol. The summed E-state index contributed by atoms with van der Waals surface area (Å²) in [5.74, 6) is 0.476. The van der Waals surface area contributed by atoms with Crippen molar-refractivity contribution in [3.8, 4) is 11.5 Å². The van der Waals surface area contributed by atoms with Gasteiger partial charge in [-0.1, -0.05) is 44.5 Å². The van der Waals surface area contributed by atoms with Crippen molar-refractivity contribution in [3.63, 3.8) is 0 Å². The van der Waals surface area contributed by atoms with E-state index in [-0.39, 0.29) is 5.41 Å². The van der Waals surface area contributed by atoms with Crippen LogP contribution in [0.2, 0.25) is 5.02 Å². The van der Waals surface area contributed by atoms with E-state index in [1.165, 1.54) is 12.7 Å². The highest BCUT2D eigenvalue weighted by Gasteiger charge is 2.18. The first-order valence-corrected chi connectivity index (χ1v) is 7.77. The number of hydrogen-bond donors (Lipinski definition) is 0.